The second-order valence-electron chi connectivity index (χ2n) is 3.51. The van der Waals surface area contributed by atoms with Crippen LogP contribution < -0.4 is 0 Å². The molecule has 0 N–H and O–H groups in total. The summed E-state index contributed by atoms with van der Waals surface area (Å²) in [5.41, 5.74) is 0. The summed E-state index contributed by atoms with van der Waals surface area (Å²) < 4.78 is 5.72. The smallest absolute Gasteiger partial charge is 0.0603 e. The molecule has 1 heteroatoms. The van der Waals surface area contributed by atoms with Gasteiger partial charge < -0.3 is 4.74 Å². The van der Waals surface area contributed by atoms with Crippen molar-refractivity contribution in [3.63, 3.8) is 0 Å². The molecule has 2 unspecified atom stereocenters. The fourth-order valence-corrected chi connectivity index (χ4v) is 1.97. The van der Waals surface area contributed by atoms with Crippen LogP contribution in [0.15, 0.2) is 0 Å². The molecule has 66 valence electrons. The van der Waals surface area contributed by atoms with Crippen molar-refractivity contribution >= 4 is 0 Å². The SMILES string of the molecule is CCCC1OCCCC1CC. The van der Waals surface area contributed by atoms with Crippen molar-refractivity contribution < 1.29 is 4.74 Å². The van der Waals surface area contributed by atoms with E-state index >= 15 is 0 Å². The van der Waals surface area contributed by atoms with Gasteiger partial charge in [-0.3, -0.25) is 0 Å². The highest BCUT2D eigenvalue weighted by Crippen LogP contribution is 2.26. The largest absolute Gasteiger partial charge is 0.378 e. The lowest BCUT2D eigenvalue weighted by molar-refractivity contribution is -0.0320. The molecule has 0 radical (unpaired) electrons. The van der Waals surface area contributed by atoms with Gasteiger partial charge in [-0.15, -0.1) is 0 Å². The third-order valence-corrected chi connectivity index (χ3v) is 2.67. The zero-order valence-corrected chi connectivity index (χ0v) is 7.81. The Morgan fingerprint density at radius 2 is 2.18 bits per heavy atom. The quantitative estimate of drug-likeness (QED) is 0.610. The molecular formula is C10H20O. The molecule has 0 aliphatic carbocycles. The lowest BCUT2D eigenvalue weighted by atomic mass is 9.89. The molecular weight excluding hydrogens is 136 g/mol. The van der Waals surface area contributed by atoms with Gasteiger partial charge in [-0.05, 0) is 25.2 Å². The first-order chi connectivity index (χ1) is 5.38. The molecule has 0 amide bonds. The molecule has 2 atom stereocenters. The van der Waals surface area contributed by atoms with Gasteiger partial charge >= 0.3 is 0 Å². The van der Waals surface area contributed by atoms with E-state index in [0.29, 0.717) is 6.10 Å². The molecule has 0 aromatic carbocycles. The van der Waals surface area contributed by atoms with Gasteiger partial charge in [-0.2, -0.15) is 0 Å². The molecule has 1 nitrogen and oxygen atoms in total. The van der Waals surface area contributed by atoms with Crippen molar-refractivity contribution in [3.05, 3.63) is 0 Å². The minimum Gasteiger partial charge on any atom is -0.378 e. The van der Waals surface area contributed by atoms with Gasteiger partial charge in [0.05, 0.1) is 6.10 Å². The molecule has 0 spiro atoms. The molecule has 1 aliphatic rings. The number of rotatable bonds is 3. The van der Waals surface area contributed by atoms with E-state index in [1.54, 1.807) is 0 Å². The predicted molar refractivity (Wildman–Crippen MR) is 47.7 cm³/mol. The Balaban J connectivity index is 2.31. The van der Waals surface area contributed by atoms with Crippen LogP contribution in [0.25, 0.3) is 0 Å². The molecule has 0 aromatic heterocycles. The topological polar surface area (TPSA) is 9.23 Å². The second kappa shape index (κ2) is 4.76. The molecule has 0 bridgehead atoms. The number of hydrogen-bond donors (Lipinski definition) is 0. The summed E-state index contributed by atoms with van der Waals surface area (Å²) in [4.78, 5) is 0. The number of hydrogen-bond acceptors (Lipinski definition) is 1. The van der Waals surface area contributed by atoms with Gasteiger partial charge in [0, 0.05) is 6.61 Å². The molecule has 1 rings (SSSR count). The van der Waals surface area contributed by atoms with Gasteiger partial charge in [0.2, 0.25) is 0 Å². The summed E-state index contributed by atoms with van der Waals surface area (Å²) in [5.74, 6) is 0.851. The Morgan fingerprint density at radius 1 is 1.36 bits per heavy atom. The van der Waals surface area contributed by atoms with Crippen LogP contribution in [-0.2, 0) is 4.74 Å². The highest BCUT2D eigenvalue weighted by Gasteiger charge is 2.22. The van der Waals surface area contributed by atoms with E-state index in [9.17, 15) is 0 Å². The summed E-state index contributed by atoms with van der Waals surface area (Å²) in [6, 6.07) is 0. The first kappa shape index (κ1) is 9.05. The number of ether oxygens (including phenoxy) is 1. The molecule has 1 fully saturated rings. The first-order valence-electron chi connectivity index (χ1n) is 5.00. The maximum absolute atomic E-state index is 5.72. The first-order valence-corrected chi connectivity index (χ1v) is 5.00. The monoisotopic (exact) mass is 156 g/mol. The van der Waals surface area contributed by atoms with Crippen LogP contribution in [0.5, 0.6) is 0 Å². The van der Waals surface area contributed by atoms with Crippen LogP contribution in [0.1, 0.15) is 46.0 Å². The fraction of sp³-hybridized carbons (Fsp3) is 1.00. The summed E-state index contributed by atoms with van der Waals surface area (Å²) >= 11 is 0. The zero-order valence-electron chi connectivity index (χ0n) is 7.81. The minimum absolute atomic E-state index is 0.582. The Labute approximate surface area is 70.1 Å². The average molecular weight is 156 g/mol. The fourth-order valence-electron chi connectivity index (χ4n) is 1.97. The molecule has 1 saturated heterocycles. The van der Waals surface area contributed by atoms with Crippen LogP contribution >= 0.6 is 0 Å². The van der Waals surface area contributed by atoms with Gasteiger partial charge in [-0.25, -0.2) is 0 Å². The maximum Gasteiger partial charge on any atom is 0.0603 e. The maximum atomic E-state index is 5.72. The molecule has 1 heterocycles. The van der Waals surface area contributed by atoms with Crippen LogP contribution in [0.3, 0.4) is 0 Å². The predicted octanol–water partition coefficient (Wildman–Crippen LogP) is 2.99. The Bertz CT molecular complexity index is 99.0. The summed E-state index contributed by atoms with van der Waals surface area (Å²) in [7, 11) is 0. The summed E-state index contributed by atoms with van der Waals surface area (Å²) in [6.07, 6.45) is 7.07. The van der Waals surface area contributed by atoms with E-state index in [-0.39, 0.29) is 0 Å². The van der Waals surface area contributed by atoms with Crippen molar-refractivity contribution in [1.82, 2.24) is 0 Å². The van der Waals surface area contributed by atoms with Crippen LogP contribution in [0.4, 0.5) is 0 Å². The molecule has 11 heavy (non-hydrogen) atoms. The molecule has 1 aliphatic heterocycles. The van der Waals surface area contributed by atoms with Crippen LogP contribution in [0.2, 0.25) is 0 Å². The normalized spacial score (nSPS) is 32.2. The van der Waals surface area contributed by atoms with E-state index in [1.807, 2.05) is 0 Å². The van der Waals surface area contributed by atoms with Crippen molar-refractivity contribution in [3.8, 4) is 0 Å². The van der Waals surface area contributed by atoms with Gasteiger partial charge in [-0.1, -0.05) is 26.7 Å². The standard InChI is InChI=1S/C10H20O/c1-3-6-10-9(4-2)7-5-8-11-10/h9-10H,3-8H2,1-2H3. The third kappa shape index (κ3) is 2.48. The van der Waals surface area contributed by atoms with Crippen molar-refractivity contribution in [2.45, 2.75) is 52.1 Å². The van der Waals surface area contributed by atoms with Crippen molar-refractivity contribution in [2.75, 3.05) is 6.61 Å². The van der Waals surface area contributed by atoms with Crippen molar-refractivity contribution in [2.24, 2.45) is 5.92 Å². The van der Waals surface area contributed by atoms with E-state index in [0.717, 1.165) is 12.5 Å². The Hall–Kier alpha value is -0.0400. The summed E-state index contributed by atoms with van der Waals surface area (Å²) in [5, 5.41) is 0. The van der Waals surface area contributed by atoms with Gasteiger partial charge in [0.1, 0.15) is 0 Å². The summed E-state index contributed by atoms with van der Waals surface area (Å²) in [6.45, 7) is 5.52. The second-order valence-corrected chi connectivity index (χ2v) is 3.51. The minimum atomic E-state index is 0.582. The highest BCUT2D eigenvalue weighted by molar-refractivity contribution is 4.72. The van der Waals surface area contributed by atoms with Gasteiger partial charge in [0.15, 0.2) is 0 Å². The third-order valence-electron chi connectivity index (χ3n) is 2.67. The van der Waals surface area contributed by atoms with Crippen molar-refractivity contribution in [1.29, 1.82) is 0 Å². The van der Waals surface area contributed by atoms with Gasteiger partial charge in [0.25, 0.3) is 0 Å². The van der Waals surface area contributed by atoms with E-state index in [4.69, 9.17) is 4.74 Å². The zero-order chi connectivity index (χ0) is 8.10. The molecule has 0 saturated carbocycles. The van der Waals surface area contributed by atoms with Crippen LogP contribution in [-0.4, -0.2) is 12.7 Å². The van der Waals surface area contributed by atoms with Crippen LogP contribution in [0, 0.1) is 5.92 Å². The van der Waals surface area contributed by atoms with E-state index in [1.165, 1.54) is 32.1 Å². The van der Waals surface area contributed by atoms with E-state index < -0.39 is 0 Å². The lowest BCUT2D eigenvalue weighted by Gasteiger charge is -2.30. The lowest BCUT2D eigenvalue weighted by Crippen LogP contribution is -2.28. The highest BCUT2D eigenvalue weighted by atomic mass is 16.5. The molecule has 0 aromatic rings. The Morgan fingerprint density at radius 3 is 2.82 bits per heavy atom. The average Bonchev–Trinajstić information content (AvgIpc) is 2.06. The Kier molecular flexibility index (Phi) is 3.92. The van der Waals surface area contributed by atoms with E-state index in [2.05, 4.69) is 13.8 Å².